The van der Waals surface area contributed by atoms with Gasteiger partial charge in [-0.25, -0.2) is 0 Å². The number of benzene rings is 1. The van der Waals surface area contributed by atoms with Crippen molar-refractivity contribution in [3.63, 3.8) is 0 Å². The maximum atomic E-state index is 12.5. The molecule has 136 valence electrons. The lowest BCUT2D eigenvalue weighted by Gasteiger charge is -2.33. The Bertz CT molecular complexity index is 811. The van der Waals surface area contributed by atoms with E-state index in [0.29, 0.717) is 37.7 Å². The number of hydrogen-bond acceptors (Lipinski definition) is 5. The quantitative estimate of drug-likeness (QED) is 0.915. The van der Waals surface area contributed by atoms with E-state index in [9.17, 15) is 9.59 Å². The Balaban J connectivity index is 1.63. The fourth-order valence-electron chi connectivity index (χ4n) is 2.87. The summed E-state index contributed by atoms with van der Waals surface area (Å²) < 4.78 is 0. The predicted molar refractivity (Wildman–Crippen MR) is 99.4 cm³/mol. The van der Waals surface area contributed by atoms with Gasteiger partial charge in [0.05, 0.1) is 0 Å². The minimum absolute atomic E-state index is 0.0404. The first-order chi connectivity index (χ1) is 12.4. The van der Waals surface area contributed by atoms with Crippen molar-refractivity contribution >= 4 is 23.3 Å². The highest BCUT2D eigenvalue weighted by atomic mass is 16.2. The molecule has 2 aromatic rings. The van der Waals surface area contributed by atoms with Crippen molar-refractivity contribution in [1.29, 1.82) is 0 Å². The van der Waals surface area contributed by atoms with Crippen LogP contribution in [0.15, 0.2) is 30.3 Å². The Kier molecular flexibility index (Phi) is 5.16. The minimum atomic E-state index is -0.154. The molecule has 1 aliphatic rings. The summed E-state index contributed by atoms with van der Waals surface area (Å²) in [7, 11) is 0. The molecule has 7 nitrogen and oxygen atoms in total. The van der Waals surface area contributed by atoms with E-state index in [4.69, 9.17) is 0 Å². The van der Waals surface area contributed by atoms with Crippen LogP contribution in [0.2, 0.25) is 0 Å². The van der Waals surface area contributed by atoms with Gasteiger partial charge >= 0.3 is 0 Å². The molecular formula is C19H23N5O2. The predicted octanol–water partition coefficient (Wildman–Crippen LogP) is 2.14. The van der Waals surface area contributed by atoms with Crippen LogP contribution >= 0.6 is 0 Å². The molecule has 0 aliphatic carbocycles. The van der Waals surface area contributed by atoms with Crippen LogP contribution < -0.4 is 5.32 Å². The summed E-state index contributed by atoms with van der Waals surface area (Å²) in [5.41, 5.74) is 3.67. The zero-order chi connectivity index (χ0) is 18.7. The highest BCUT2D eigenvalue weighted by molar-refractivity contribution is 5.92. The molecule has 2 heterocycles. The Morgan fingerprint density at radius 1 is 0.923 bits per heavy atom. The lowest BCUT2D eigenvalue weighted by atomic mass is 10.1. The molecule has 1 aliphatic heterocycles. The van der Waals surface area contributed by atoms with Crippen LogP contribution in [0.1, 0.15) is 28.5 Å². The molecule has 1 N–H and O–H groups in total. The molecule has 1 aromatic heterocycles. The van der Waals surface area contributed by atoms with Crippen molar-refractivity contribution in [3.05, 3.63) is 47.2 Å². The van der Waals surface area contributed by atoms with Crippen LogP contribution in [-0.4, -0.2) is 58.0 Å². The first-order valence-electron chi connectivity index (χ1n) is 8.67. The molecule has 0 saturated carbocycles. The molecule has 0 spiro atoms. The summed E-state index contributed by atoms with van der Waals surface area (Å²) in [4.78, 5) is 27.3. The summed E-state index contributed by atoms with van der Waals surface area (Å²) in [5.74, 6) is 0.475. The maximum absolute atomic E-state index is 12.5. The average molecular weight is 353 g/mol. The van der Waals surface area contributed by atoms with Gasteiger partial charge in [0.25, 0.3) is 5.91 Å². The summed E-state index contributed by atoms with van der Waals surface area (Å²) in [6.07, 6.45) is 0. The molecule has 0 atom stereocenters. The normalized spacial score (nSPS) is 14.3. The zero-order valence-electron chi connectivity index (χ0n) is 15.3. The van der Waals surface area contributed by atoms with Gasteiger partial charge in [0, 0.05) is 38.8 Å². The van der Waals surface area contributed by atoms with Crippen molar-refractivity contribution in [1.82, 2.24) is 20.0 Å². The maximum Gasteiger partial charge on any atom is 0.274 e. The number of hydrogen-bond donors (Lipinski definition) is 1. The second-order valence-electron chi connectivity index (χ2n) is 6.53. The van der Waals surface area contributed by atoms with Gasteiger partial charge in [0.2, 0.25) is 5.91 Å². The van der Waals surface area contributed by atoms with E-state index in [0.717, 1.165) is 5.69 Å². The first kappa shape index (κ1) is 17.8. The van der Waals surface area contributed by atoms with Gasteiger partial charge in [-0.2, -0.15) is 0 Å². The van der Waals surface area contributed by atoms with Gasteiger partial charge in [-0.3, -0.25) is 9.59 Å². The van der Waals surface area contributed by atoms with Crippen LogP contribution in [-0.2, 0) is 4.79 Å². The molecule has 0 radical (unpaired) electrons. The number of rotatable bonds is 3. The zero-order valence-corrected chi connectivity index (χ0v) is 15.3. The number of piperazine rings is 1. The van der Waals surface area contributed by atoms with Gasteiger partial charge in [-0.05, 0) is 49.2 Å². The van der Waals surface area contributed by atoms with E-state index < -0.39 is 0 Å². The van der Waals surface area contributed by atoms with Crippen molar-refractivity contribution in [3.8, 4) is 0 Å². The number of carbonyl (C=O) groups is 2. The molecule has 1 saturated heterocycles. The lowest BCUT2D eigenvalue weighted by Crippen LogP contribution is -2.50. The van der Waals surface area contributed by atoms with Crippen LogP contribution in [0.4, 0.5) is 11.5 Å². The van der Waals surface area contributed by atoms with Crippen molar-refractivity contribution in [2.75, 3.05) is 31.5 Å². The van der Waals surface area contributed by atoms with E-state index in [1.165, 1.54) is 11.1 Å². The Morgan fingerprint density at radius 3 is 2.19 bits per heavy atom. The number of anilines is 2. The Hall–Kier alpha value is -2.96. The summed E-state index contributed by atoms with van der Waals surface area (Å²) in [5, 5.41) is 11.4. The average Bonchev–Trinajstić information content (AvgIpc) is 2.65. The summed E-state index contributed by atoms with van der Waals surface area (Å²) >= 11 is 0. The topological polar surface area (TPSA) is 78.4 Å². The van der Waals surface area contributed by atoms with E-state index in [1.54, 1.807) is 28.9 Å². The third-order valence-electron chi connectivity index (χ3n) is 4.68. The molecule has 1 fully saturated rings. The Labute approximate surface area is 153 Å². The summed E-state index contributed by atoms with van der Waals surface area (Å²) in [6.45, 7) is 7.81. The van der Waals surface area contributed by atoms with Crippen molar-refractivity contribution in [2.45, 2.75) is 20.8 Å². The number of nitrogens with zero attached hydrogens (tertiary/aromatic N) is 4. The third-order valence-corrected chi connectivity index (χ3v) is 4.68. The van der Waals surface area contributed by atoms with E-state index >= 15 is 0 Å². The molecular weight excluding hydrogens is 330 g/mol. The minimum Gasteiger partial charge on any atom is -0.339 e. The fraction of sp³-hybridized carbons (Fsp3) is 0.368. The number of carbonyl (C=O) groups excluding carboxylic acids is 2. The SMILES string of the molecule is CC(=O)N1CCN(C(=O)c2ccc(Nc3ccc(C)c(C)c3)nn2)CC1. The van der Waals surface area contributed by atoms with Crippen LogP contribution in [0.5, 0.6) is 0 Å². The third kappa shape index (κ3) is 3.99. The molecule has 2 amide bonds. The fourth-order valence-corrected chi connectivity index (χ4v) is 2.87. The molecule has 26 heavy (non-hydrogen) atoms. The van der Waals surface area contributed by atoms with Gasteiger partial charge in [-0.15, -0.1) is 10.2 Å². The smallest absolute Gasteiger partial charge is 0.274 e. The van der Waals surface area contributed by atoms with Crippen molar-refractivity contribution < 1.29 is 9.59 Å². The second kappa shape index (κ2) is 7.51. The van der Waals surface area contributed by atoms with Crippen LogP contribution in [0, 0.1) is 13.8 Å². The van der Waals surface area contributed by atoms with E-state index in [1.807, 2.05) is 18.2 Å². The monoisotopic (exact) mass is 353 g/mol. The van der Waals surface area contributed by atoms with Crippen molar-refractivity contribution in [2.24, 2.45) is 0 Å². The number of aryl methyl sites for hydroxylation is 2. The molecule has 0 bridgehead atoms. The van der Waals surface area contributed by atoms with Gasteiger partial charge in [0.15, 0.2) is 11.5 Å². The number of amides is 2. The molecule has 3 rings (SSSR count). The Morgan fingerprint density at radius 2 is 1.62 bits per heavy atom. The van der Waals surface area contributed by atoms with Crippen LogP contribution in [0.3, 0.4) is 0 Å². The molecule has 0 unspecified atom stereocenters. The number of nitrogens with one attached hydrogen (secondary N) is 1. The second-order valence-corrected chi connectivity index (χ2v) is 6.53. The van der Waals surface area contributed by atoms with Crippen LogP contribution in [0.25, 0.3) is 0 Å². The number of aromatic nitrogens is 2. The lowest BCUT2D eigenvalue weighted by molar-refractivity contribution is -0.130. The van der Waals surface area contributed by atoms with Gasteiger partial charge in [0.1, 0.15) is 0 Å². The van der Waals surface area contributed by atoms with Gasteiger partial charge < -0.3 is 15.1 Å². The largest absolute Gasteiger partial charge is 0.339 e. The van der Waals surface area contributed by atoms with Gasteiger partial charge in [-0.1, -0.05) is 6.07 Å². The van der Waals surface area contributed by atoms with E-state index in [2.05, 4.69) is 29.4 Å². The highest BCUT2D eigenvalue weighted by Crippen LogP contribution is 2.18. The van der Waals surface area contributed by atoms with E-state index in [-0.39, 0.29) is 11.8 Å². The standard InChI is InChI=1S/C19H23N5O2/c1-13-4-5-16(12-14(13)2)20-18-7-6-17(21-22-18)19(26)24-10-8-23(9-11-24)15(3)25/h4-7,12H,8-11H2,1-3H3,(H,20,22). The highest BCUT2D eigenvalue weighted by Gasteiger charge is 2.24. The first-order valence-corrected chi connectivity index (χ1v) is 8.67. The molecule has 1 aromatic carbocycles. The molecule has 7 heteroatoms. The summed E-state index contributed by atoms with van der Waals surface area (Å²) in [6, 6.07) is 9.50.